The number of carbonyl (C=O) groups is 1. The van der Waals surface area contributed by atoms with E-state index in [1.54, 1.807) is 7.11 Å². The number of ether oxygens (including phenoxy) is 1. The highest BCUT2D eigenvalue weighted by Gasteiger charge is 2.15. The molecule has 0 fully saturated rings. The molecule has 0 saturated heterocycles. The van der Waals surface area contributed by atoms with Crippen molar-refractivity contribution in [1.82, 2.24) is 10.2 Å². The van der Waals surface area contributed by atoms with Gasteiger partial charge in [0.15, 0.2) is 0 Å². The number of benzene rings is 1. The molecule has 1 atom stereocenters. The average Bonchev–Trinajstić information content (AvgIpc) is 2.42. The lowest BCUT2D eigenvalue weighted by Gasteiger charge is -2.25. The van der Waals surface area contributed by atoms with Crippen LogP contribution in [0.1, 0.15) is 11.6 Å². The largest absolute Gasteiger partial charge is 0.497 e. The Morgan fingerprint density at radius 1 is 1.50 bits per heavy atom. The maximum absolute atomic E-state index is 10.7. The van der Waals surface area contributed by atoms with Crippen LogP contribution in [0.15, 0.2) is 36.4 Å². The molecule has 0 spiro atoms. The lowest BCUT2D eigenvalue weighted by molar-refractivity contribution is -0.132. The van der Waals surface area contributed by atoms with Gasteiger partial charge in [0.2, 0.25) is 0 Å². The average molecular weight is 278 g/mol. The third kappa shape index (κ3) is 4.68. The Morgan fingerprint density at radius 2 is 2.20 bits per heavy atom. The fourth-order valence-electron chi connectivity index (χ4n) is 1.88. The minimum atomic E-state index is -0.972. The summed E-state index contributed by atoms with van der Waals surface area (Å²) in [6.45, 7) is 4.40. The monoisotopic (exact) mass is 278 g/mol. The number of hydrogen-bond donors (Lipinski definition) is 2. The van der Waals surface area contributed by atoms with Crippen LogP contribution in [0, 0.1) is 0 Å². The van der Waals surface area contributed by atoms with Crippen LogP contribution in [-0.4, -0.2) is 50.3 Å². The molecule has 1 aromatic rings. The molecule has 0 aliphatic rings. The summed E-state index contributed by atoms with van der Waals surface area (Å²) in [5, 5.41) is 11.9. The van der Waals surface area contributed by atoms with E-state index in [4.69, 9.17) is 9.84 Å². The number of carboxylic acid groups (broad SMARTS) is 1. The predicted octanol–water partition coefficient (Wildman–Crippen LogP) is 1.53. The van der Waals surface area contributed by atoms with Crippen molar-refractivity contribution in [2.24, 2.45) is 0 Å². The van der Waals surface area contributed by atoms with Gasteiger partial charge in [-0.2, -0.15) is 0 Å². The minimum absolute atomic E-state index is 0.131. The van der Waals surface area contributed by atoms with Crippen LogP contribution in [0.3, 0.4) is 0 Å². The molecule has 0 aromatic heterocycles. The Balaban J connectivity index is 2.69. The van der Waals surface area contributed by atoms with Crippen molar-refractivity contribution < 1.29 is 14.6 Å². The predicted molar refractivity (Wildman–Crippen MR) is 79.1 cm³/mol. The number of aliphatic carboxylic acids is 1. The zero-order valence-corrected chi connectivity index (χ0v) is 12.2. The highest BCUT2D eigenvalue weighted by atomic mass is 16.5. The number of methoxy groups -OCH3 is 1. The maximum Gasteiger partial charge on any atom is 0.332 e. The molecule has 0 aliphatic heterocycles. The van der Waals surface area contributed by atoms with E-state index in [-0.39, 0.29) is 18.2 Å². The highest BCUT2D eigenvalue weighted by Crippen LogP contribution is 2.22. The number of rotatable bonds is 8. The van der Waals surface area contributed by atoms with Gasteiger partial charge in [0.05, 0.1) is 7.11 Å². The number of carboxylic acids is 1. The molecule has 2 N–H and O–H groups in total. The van der Waals surface area contributed by atoms with Gasteiger partial charge in [-0.1, -0.05) is 18.7 Å². The molecule has 0 aliphatic carbocycles. The number of likely N-dealkylation sites (N-methyl/N-ethyl adjacent to an activating group) is 1. The van der Waals surface area contributed by atoms with Gasteiger partial charge in [-0.15, -0.1) is 0 Å². The number of nitrogens with one attached hydrogen (secondary N) is 1. The SMILES string of the molecule is C=C(CNCC(c1cccc(OC)c1)N(C)C)C(=O)O. The zero-order chi connectivity index (χ0) is 15.1. The molecule has 5 nitrogen and oxygen atoms in total. The second-order valence-corrected chi connectivity index (χ2v) is 4.80. The van der Waals surface area contributed by atoms with Crippen LogP contribution in [0.4, 0.5) is 0 Å². The molecule has 0 saturated carbocycles. The summed E-state index contributed by atoms with van der Waals surface area (Å²) in [6.07, 6.45) is 0. The topological polar surface area (TPSA) is 61.8 Å². The number of hydrogen-bond acceptors (Lipinski definition) is 4. The second-order valence-electron chi connectivity index (χ2n) is 4.80. The van der Waals surface area contributed by atoms with Crippen molar-refractivity contribution in [1.29, 1.82) is 0 Å². The van der Waals surface area contributed by atoms with Crippen LogP contribution in [-0.2, 0) is 4.79 Å². The molecule has 20 heavy (non-hydrogen) atoms. The van der Waals surface area contributed by atoms with E-state index in [1.165, 1.54) is 0 Å². The van der Waals surface area contributed by atoms with Crippen molar-refractivity contribution in [2.45, 2.75) is 6.04 Å². The van der Waals surface area contributed by atoms with Crippen molar-refractivity contribution in [2.75, 3.05) is 34.3 Å². The lowest BCUT2D eigenvalue weighted by atomic mass is 10.1. The van der Waals surface area contributed by atoms with Crippen molar-refractivity contribution >= 4 is 5.97 Å². The van der Waals surface area contributed by atoms with E-state index in [1.807, 2.05) is 38.4 Å². The van der Waals surface area contributed by atoms with Crippen LogP contribution >= 0.6 is 0 Å². The summed E-state index contributed by atoms with van der Waals surface area (Å²) < 4.78 is 5.23. The Kier molecular flexibility index (Phi) is 6.21. The molecule has 0 bridgehead atoms. The van der Waals surface area contributed by atoms with Crippen molar-refractivity contribution in [3.8, 4) is 5.75 Å². The smallest absolute Gasteiger partial charge is 0.332 e. The van der Waals surface area contributed by atoms with Gasteiger partial charge in [0.25, 0.3) is 0 Å². The van der Waals surface area contributed by atoms with Gasteiger partial charge in [-0.3, -0.25) is 0 Å². The molecular weight excluding hydrogens is 256 g/mol. The van der Waals surface area contributed by atoms with Crippen LogP contribution in [0.5, 0.6) is 5.75 Å². The number of nitrogens with zero attached hydrogens (tertiary/aromatic N) is 1. The van der Waals surface area contributed by atoms with Gasteiger partial charge < -0.3 is 20.1 Å². The summed E-state index contributed by atoms with van der Waals surface area (Å²) in [5.74, 6) is -0.162. The third-order valence-electron chi connectivity index (χ3n) is 3.08. The minimum Gasteiger partial charge on any atom is -0.497 e. The Morgan fingerprint density at radius 3 is 2.75 bits per heavy atom. The fourth-order valence-corrected chi connectivity index (χ4v) is 1.88. The van der Waals surface area contributed by atoms with Gasteiger partial charge in [-0.05, 0) is 31.8 Å². The van der Waals surface area contributed by atoms with E-state index in [0.717, 1.165) is 11.3 Å². The lowest BCUT2D eigenvalue weighted by Crippen LogP contribution is -2.32. The van der Waals surface area contributed by atoms with Crippen LogP contribution in [0.2, 0.25) is 0 Å². The Labute approximate surface area is 119 Å². The van der Waals surface area contributed by atoms with Crippen molar-refractivity contribution in [3.63, 3.8) is 0 Å². The first kappa shape index (κ1) is 16.2. The second kappa shape index (κ2) is 7.67. The van der Waals surface area contributed by atoms with Crippen LogP contribution < -0.4 is 10.1 Å². The summed E-state index contributed by atoms with van der Waals surface area (Å²) >= 11 is 0. The quantitative estimate of drug-likeness (QED) is 0.706. The molecular formula is C15H22N2O3. The van der Waals surface area contributed by atoms with E-state index in [2.05, 4.69) is 16.8 Å². The fraction of sp³-hybridized carbons (Fsp3) is 0.400. The Hall–Kier alpha value is -1.85. The van der Waals surface area contributed by atoms with Gasteiger partial charge in [0.1, 0.15) is 5.75 Å². The molecule has 1 rings (SSSR count). The van der Waals surface area contributed by atoms with E-state index >= 15 is 0 Å². The third-order valence-corrected chi connectivity index (χ3v) is 3.08. The standard InChI is InChI=1S/C15H22N2O3/c1-11(15(18)19)9-16-10-14(17(2)3)12-6-5-7-13(8-12)20-4/h5-8,14,16H,1,9-10H2,2-4H3,(H,18,19). The summed E-state index contributed by atoms with van der Waals surface area (Å²) in [4.78, 5) is 12.8. The molecule has 0 heterocycles. The van der Waals surface area contributed by atoms with Gasteiger partial charge >= 0.3 is 5.97 Å². The molecule has 1 unspecified atom stereocenters. The van der Waals surface area contributed by atoms with E-state index < -0.39 is 5.97 Å². The highest BCUT2D eigenvalue weighted by molar-refractivity contribution is 5.86. The van der Waals surface area contributed by atoms with E-state index in [0.29, 0.717) is 6.54 Å². The molecule has 110 valence electrons. The first-order chi connectivity index (χ1) is 9.45. The summed E-state index contributed by atoms with van der Waals surface area (Å²) in [6, 6.07) is 7.99. The normalized spacial score (nSPS) is 12.2. The summed E-state index contributed by atoms with van der Waals surface area (Å²) in [7, 11) is 5.61. The van der Waals surface area contributed by atoms with E-state index in [9.17, 15) is 4.79 Å². The van der Waals surface area contributed by atoms with Gasteiger partial charge in [-0.25, -0.2) is 4.79 Å². The zero-order valence-electron chi connectivity index (χ0n) is 12.2. The molecule has 1 aromatic carbocycles. The summed E-state index contributed by atoms with van der Waals surface area (Å²) in [5.41, 5.74) is 1.27. The first-order valence-corrected chi connectivity index (χ1v) is 6.38. The van der Waals surface area contributed by atoms with Crippen LogP contribution in [0.25, 0.3) is 0 Å². The van der Waals surface area contributed by atoms with Crippen molar-refractivity contribution in [3.05, 3.63) is 42.0 Å². The Bertz CT molecular complexity index is 472. The molecule has 0 amide bonds. The molecule has 5 heteroatoms. The first-order valence-electron chi connectivity index (χ1n) is 6.38. The van der Waals surface area contributed by atoms with Gasteiger partial charge in [0, 0.05) is 24.7 Å². The maximum atomic E-state index is 10.7. The molecule has 0 radical (unpaired) electrons.